The van der Waals surface area contributed by atoms with Crippen molar-refractivity contribution in [2.24, 2.45) is 0 Å². The molecule has 0 atom stereocenters. The monoisotopic (exact) mass is 441 g/mol. The maximum absolute atomic E-state index is 12.4. The second kappa shape index (κ2) is 9.31. The second-order valence-electron chi connectivity index (χ2n) is 5.90. The molecule has 0 saturated heterocycles. The number of carbonyl (C=O) groups excluding carboxylic acids is 1. The molecule has 0 spiro atoms. The quantitative estimate of drug-likeness (QED) is 0.500. The molecule has 0 aliphatic carbocycles. The van der Waals surface area contributed by atoms with Crippen molar-refractivity contribution in [2.75, 3.05) is 23.8 Å². The number of aromatic nitrogens is 1. The number of rotatable bonds is 9. The van der Waals surface area contributed by atoms with Crippen LogP contribution in [0.3, 0.4) is 0 Å². The number of hydrogen-bond acceptors (Lipinski definition) is 7. The van der Waals surface area contributed by atoms with Crippen LogP contribution in [0.4, 0.5) is 11.5 Å². The molecule has 10 nitrogen and oxygen atoms in total. The van der Waals surface area contributed by atoms with Gasteiger partial charge in [0.25, 0.3) is 10.0 Å². The van der Waals surface area contributed by atoms with E-state index in [-0.39, 0.29) is 21.5 Å². The number of hydrazine groups is 1. The summed E-state index contributed by atoms with van der Waals surface area (Å²) in [5.41, 5.74) is 2.91. The molecule has 0 fully saturated rings. The van der Waals surface area contributed by atoms with E-state index < -0.39 is 20.0 Å². The summed E-state index contributed by atoms with van der Waals surface area (Å²) in [5, 5.41) is 2.54. The van der Waals surface area contributed by atoms with Gasteiger partial charge in [0, 0.05) is 31.9 Å². The van der Waals surface area contributed by atoms with E-state index in [1.807, 2.05) is 0 Å². The minimum absolute atomic E-state index is 0.0168. The van der Waals surface area contributed by atoms with Crippen LogP contribution in [0.1, 0.15) is 20.8 Å². The van der Waals surface area contributed by atoms with E-state index in [2.05, 4.69) is 20.6 Å². The van der Waals surface area contributed by atoms with Gasteiger partial charge in [-0.25, -0.2) is 21.8 Å². The Morgan fingerprint density at radius 2 is 1.55 bits per heavy atom. The molecule has 0 bridgehead atoms. The molecule has 158 valence electrons. The summed E-state index contributed by atoms with van der Waals surface area (Å²) in [4.78, 5) is 17.1. The molecule has 1 amide bonds. The van der Waals surface area contributed by atoms with Crippen molar-refractivity contribution in [3.05, 3.63) is 42.6 Å². The van der Waals surface area contributed by atoms with Crippen molar-refractivity contribution < 1.29 is 21.6 Å². The number of benzene rings is 1. The highest BCUT2D eigenvalue weighted by Gasteiger charge is 2.22. The van der Waals surface area contributed by atoms with Gasteiger partial charge in [-0.2, -0.15) is 4.31 Å². The van der Waals surface area contributed by atoms with Gasteiger partial charge in [0.2, 0.25) is 15.9 Å². The highest BCUT2D eigenvalue weighted by Crippen LogP contribution is 2.17. The third-order valence-corrected chi connectivity index (χ3v) is 7.17. The standard InChI is InChI=1S/C17H23N5O5S2/c1-4-22(5-2)29(26,27)16-10-11-17(18-12-16)20-21-28(24,25)15-8-6-14(7-9-15)19-13(3)23/h6-12,21H,4-5H2,1-3H3,(H,18,20)(H,19,23). The normalized spacial score (nSPS) is 12.0. The van der Waals surface area contributed by atoms with Crippen LogP contribution in [0.2, 0.25) is 0 Å². The van der Waals surface area contributed by atoms with Gasteiger partial charge >= 0.3 is 0 Å². The average molecular weight is 442 g/mol. The Hall–Kier alpha value is -2.54. The van der Waals surface area contributed by atoms with Gasteiger partial charge in [-0.1, -0.05) is 13.8 Å². The predicted octanol–water partition coefficient (Wildman–Crippen LogP) is 1.38. The Kier molecular flexibility index (Phi) is 7.30. The van der Waals surface area contributed by atoms with E-state index in [1.54, 1.807) is 13.8 Å². The van der Waals surface area contributed by atoms with Crippen molar-refractivity contribution in [3.8, 4) is 0 Å². The van der Waals surface area contributed by atoms with E-state index in [0.29, 0.717) is 18.8 Å². The number of anilines is 2. The van der Waals surface area contributed by atoms with Crippen molar-refractivity contribution in [1.29, 1.82) is 0 Å². The Morgan fingerprint density at radius 1 is 0.966 bits per heavy atom. The number of pyridine rings is 1. The molecular weight excluding hydrogens is 418 g/mol. The molecular formula is C17H23N5O5S2. The molecule has 1 heterocycles. The Morgan fingerprint density at radius 3 is 2.03 bits per heavy atom. The zero-order valence-electron chi connectivity index (χ0n) is 16.2. The minimum atomic E-state index is -3.90. The molecule has 2 aromatic rings. The Bertz CT molecular complexity index is 1050. The van der Waals surface area contributed by atoms with Crippen molar-refractivity contribution in [3.63, 3.8) is 0 Å². The first-order chi connectivity index (χ1) is 13.6. The highest BCUT2D eigenvalue weighted by molar-refractivity contribution is 7.89. The Labute approximate surface area is 170 Å². The molecule has 1 aromatic heterocycles. The third kappa shape index (κ3) is 5.73. The van der Waals surface area contributed by atoms with Gasteiger partial charge in [-0.3, -0.25) is 10.2 Å². The maximum atomic E-state index is 12.4. The lowest BCUT2D eigenvalue weighted by Gasteiger charge is -2.18. The van der Waals surface area contributed by atoms with E-state index in [0.717, 1.165) is 6.20 Å². The second-order valence-corrected chi connectivity index (χ2v) is 9.52. The van der Waals surface area contributed by atoms with E-state index in [9.17, 15) is 21.6 Å². The smallest absolute Gasteiger partial charge is 0.257 e. The van der Waals surface area contributed by atoms with Gasteiger partial charge in [-0.15, -0.1) is 4.83 Å². The molecule has 0 aliphatic heterocycles. The van der Waals surface area contributed by atoms with Gasteiger partial charge in [0.15, 0.2) is 0 Å². The lowest BCUT2D eigenvalue weighted by molar-refractivity contribution is -0.114. The third-order valence-electron chi connectivity index (χ3n) is 3.88. The number of carbonyl (C=O) groups is 1. The summed E-state index contributed by atoms with van der Waals surface area (Å²) in [6, 6.07) is 8.30. The lowest BCUT2D eigenvalue weighted by atomic mass is 10.3. The molecule has 0 radical (unpaired) electrons. The summed E-state index contributed by atoms with van der Waals surface area (Å²) >= 11 is 0. The van der Waals surface area contributed by atoms with Gasteiger partial charge in [0.05, 0.1) is 4.90 Å². The van der Waals surface area contributed by atoms with Gasteiger partial charge < -0.3 is 5.32 Å². The van der Waals surface area contributed by atoms with E-state index in [1.165, 1.54) is 47.6 Å². The molecule has 1 aromatic carbocycles. The molecule has 0 saturated carbocycles. The zero-order chi connectivity index (χ0) is 21.7. The summed E-state index contributed by atoms with van der Waals surface area (Å²) in [6.07, 6.45) is 1.16. The molecule has 2 rings (SSSR count). The summed E-state index contributed by atoms with van der Waals surface area (Å²) in [7, 11) is -7.55. The van der Waals surface area contributed by atoms with Crippen molar-refractivity contribution in [1.82, 2.24) is 14.1 Å². The molecule has 29 heavy (non-hydrogen) atoms. The van der Waals surface area contributed by atoms with Crippen LogP contribution in [0.25, 0.3) is 0 Å². The first kappa shape index (κ1) is 22.7. The lowest BCUT2D eigenvalue weighted by Crippen LogP contribution is -2.31. The predicted molar refractivity (Wildman–Crippen MR) is 109 cm³/mol. The topological polar surface area (TPSA) is 138 Å². The zero-order valence-corrected chi connectivity index (χ0v) is 17.8. The van der Waals surface area contributed by atoms with Crippen LogP contribution in [0, 0.1) is 0 Å². The van der Waals surface area contributed by atoms with Crippen LogP contribution in [-0.4, -0.2) is 45.1 Å². The van der Waals surface area contributed by atoms with Crippen LogP contribution in [0.5, 0.6) is 0 Å². The summed E-state index contributed by atoms with van der Waals surface area (Å²) < 4.78 is 50.8. The first-order valence-electron chi connectivity index (χ1n) is 8.71. The number of amides is 1. The fourth-order valence-electron chi connectivity index (χ4n) is 2.42. The highest BCUT2D eigenvalue weighted by atomic mass is 32.2. The van der Waals surface area contributed by atoms with Crippen molar-refractivity contribution in [2.45, 2.75) is 30.6 Å². The summed E-state index contributed by atoms with van der Waals surface area (Å²) in [6.45, 7) is 5.49. The number of sulfonamides is 2. The van der Waals surface area contributed by atoms with Gasteiger partial charge in [0.1, 0.15) is 10.7 Å². The fourth-order valence-corrected chi connectivity index (χ4v) is 4.67. The SMILES string of the molecule is CCN(CC)S(=O)(=O)c1ccc(NNS(=O)(=O)c2ccc(NC(C)=O)cc2)nc1. The van der Waals surface area contributed by atoms with Crippen LogP contribution in [-0.2, 0) is 24.8 Å². The van der Waals surface area contributed by atoms with Crippen LogP contribution < -0.4 is 15.6 Å². The molecule has 0 aliphatic rings. The largest absolute Gasteiger partial charge is 0.326 e. The average Bonchev–Trinajstić information content (AvgIpc) is 2.67. The fraction of sp³-hybridized carbons (Fsp3) is 0.294. The number of nitrogens with zero attached hydrogens (tertiary/aromatic N) is 2. The summed E-state index contributed by atoms with van der Waals surface area (Å²) in [5.74, 6) is -0.139. The van der Waals surface area contributed by atoms with Gasteiger partial charge in [-0.05, 0) is 36.4 Å². The number of hydrogen-bond donors (Lipinski definition) is 3. The van der Waals surface area contributed by atoms with E-state index in [4.69, 9.17) is 0 Å². The first-order valence-corrected chi connectivity index (χ1v) is 11.6. The number of nitrogens with one attached hydrogen (secondary N) is 3. The van der Waals surface area contributed by atoms with Crippen molar-refractivity contribution >= 4 is 37.5 Å². The maximum Gasteiger partial charge on any atom is 0.257 e. The molecule has 0 unspecified atom stereocenters. The molecule has 3 N–H and O–H groups in total. The molecule has 12 heteroatoms. The Balaban J connectivity index is 2.08. The van der Waals surface area contributed by atoms with Crippen LogP contribution >= 0.6 is 0 Å². The van der Waals surface area contributed by atoms with E-state index >= 15 is 0 Å². The van der Waals surface area contributed by atoms with Crippen LogP contribution in [0.15, 0.2) is 52.4 Å². The minimum Gasteiger partial charge on any atom is -0.326 e.